The molecule has 2 aromatic rings. The van der Waals surface area contributed by atoms with Crippen molar-refractivity contribution in [3.8, 4) is 6.07 Å². The molecule has 0 amide bonds. The summed E-state index contributed by atoms with van der Waals surface area (Å²) < 4.78 is 31.6. The van der Waals surface area contributed by atoms with Crippen LogP contribution < -0.4 is 0 Å². The summed E-state index contributed by atoms with van der Waals surface area (Å²) in [6.07, 6.45) is 0. The van der Waals surface area contributed by atoms with Gasteiger partial charge in [-0.05, 0) is 36.8 Å². The number of aryl methyl sites for hydroxylation is 1. The number of nitriles is 1. The highest BCUT2D eigenvalue weighted by atomic mass is 35.5. The zero-order valence-corrected chi connectivity index (χ0v) is 15.5. The maximum atomic E-state index is 13.2. The van der Waals surface area contributed by atoms with Crippen LogP contribution in [0.25, 0.3) is 0 Å². The molecular weight excluding hydrogens is 358 g/mol. The van der Waals surface area contributed by atoms with E-state index in [1.165, 1.54) is 7.11 Å². The Morgan fingerprint density at radius 2 is 1.92 bits per heavy atom. The van der Waals surface area contributed by atoms with Gasteiger partial charge in [0, 0.05) is 18.1 Å². The maximum Gasteiger partial charge on any atom is 0.183 e. The molecule has 2 aromatic carbocycles. The zero-order chi connectivity index (χ0) is 18.2. The quantitative estimate of drug-likeness (QED) is 0.798. The molecule has 1 saturated carbocycles. The predicted octanol–water partition coefficient (Wildman–Crippen LogP) is 3.74. The van der Waals surface area contributed by atoms with Gasteiger partial charge in [0.05, 0.1) is 22.8 Å². The summed E-state index contributed by atoms with van der Waals surface area (Å²) in [5.74, 6) is -0.470. The van der Waals surface area contributed by atoms with Gasteiger partial charge in [-0.3, -0.25) is 0 Å². The van der Waals surface area contributed by atoms with Crippen LogP contribution in [-0.2, 0) is 14.6 Å². The van der Waals surface area contributed by atoms with Gasteiger partial charge in [-0.2, -0.15) is 5.26 Å². The topological polar surface area (TPSA) is 67.2 Å². The van der Waals surface area contributed by atoms with Crippen molar-refractivity contribution in [3.63, 3.8) is 0 Å². The third-order valence-electron chi connectivity index (χ3n) is 4.74. The molecule has 3 rings (SSSR count). The molecule has 1 fully saturated rings. The molecule has 0 bridgehead atoms. The Hall–Kier alpha value is -1.87. The van der Waals surface area contributed by atoms with Crippen molar-refractivity contribution < 1.29 is 13.2 Å². The number of benzene rings is 2. The first kappa shape index (κ1) is 17.9. The van der Waals surface area contributed by atoms with Crippen molar-refractivity contribution in [3.05, 3.63) is 64.7 Å². The Morgan fingerprint density at radius 3 is 2.48 bits per heavy atom. The minimum absolute atomic E-state index is 0.0520. The lowest BCUT2D eigenvalue weighted by Gasteiger charge is -2.08. The van der Waals surface area contributed by atoms with E-state index in [1.54, 1.807) is 42.5 Å². The van der Waals surface area contributed by atoms with E-state index in [4.69, 9.17) is 16.3 Å². The third-order valence-corrected chi connectivity index (χ3v) is 7.26. The molecule has 1 aliphatic carbocycles. The fourth-order valence-corrected chi connectivity index (χ4v) is 5.99. The van der Waals surface area contributed by atoms with Crippen molar-refractivity contribution in [2.75, 3.05) is 13.7 Å². The lowest BCUT2D eigenvalue weighted by atomic mass is 10.0. The molecule has 130 valence electrons. The Balaban J connectivity index is 2.09. The van der Waals surface area contributed by atoms with Crippen molar-refractivity contribution in [2.24, 2.45) is 5.41 Å². The summed E-state index contributed by atoms with van der Waals surface area (Å²) in [5, 5.41) is 9.44. The molecular formula is C19H18ClNO3S. The van der Waals surface area contributed by atoms with Crippen LogP contribution in [0.4, 0.5) is 0 Å². The minimum Gasteiger partial charge on any atom is -0.383 e. The number of nitrogens with zero attached hydrogens (tertiary/aromatic N) is 1. The average molecular weight is 376 g/mol. The van der Waals surface area contributed by atoms with Crippen LogP contribution in [0, 0.1) is 23.7 Å². The second-order valence-electron chi connectivity index (χ2n) is 6.40. The first-order valence-electron chi connectivity index (χ1n) is 7.83. The number of halogens is 1. The highest BCUT2D eigenvalue weighted by molar-refractivity contribution is 7.92. The highest BCUT2D eigenvalue weighted by Gasteiger charge is 2.72. The summed E-state index contributed by atoms with van der Waals surface area (Å²) in [6, 6.07) is 15.9. The maximum absolute atomic E-state index is 13.2. The number of ether oxygens (including phenoxy) is 1. The van der Waals surface area contributed by atoms with Crippen LogP contribution in [-0.4, -0.2) is 27.4 Å². The summed E-state index contributed by atoms with van der Waals surface area (Å²) in [7, 11) is -2.21. The monoisotopic (exact) mass is 375 g/mol. The van der Waals surface area contributed by atoms with Crippen LogP contribution in [0.5, 0.6) is 0 Å². The van der Waals surface area contributed by atoms with Crippen molar-refractivity contribution in [2.45, 2.75) is 23.0 Å². The molecule has 0 aromatic heterocycles. The van der Waals surface area contributed by atoms with E-state index < -0.39 is 26.4 Å². The SMILES string of the molecule is COC[C@@]1(C#N)[C@H](S(=O)(=O)c2ccc(C)cc2)[C@@H]1c1cccc(Cl)c1. The van der Waals surface area contributed by atoms with E-state index in [-0.39, 0.29) is 11.5 Å². The summed E-state index contributed by atoms with van der Waals surface area (Å²) in [4.78, 5) is 0.225. The molecule has 1 aliphatic rings. The van der Waals surface area contributed by atoms with Crippen molar-refractivity contribution in [1.82, 2.24) is 0 Å². The van der Waals surface area contributed by atoms with Gasteiger partial charge in [-0.15, -0.1) is 0 Å². The van der Waals surface area contributed by atoms with Gasteiger partial charge >= 0.3 is 0 Å². The Labute approximate surface area is 152 Å². The van der Waals surface area contributed by atoms with Crippen LogP contribution in [0.1, 0.15) is 17.0 Å². The Kier molecular flexibility index (Phi) is 4.63. The van der Waals surface area contributed by atoms with E-state index in [2.05, 4.69) is 6.07 Å². The number of hydrogen-bond acceptors (Lipinski definition) is 4. The summed E-state index contributed by atoms with van der Waals surface area (Å²) >= 11 is 6.06. The normalized spacial score (nSPS) is 25.4. The molecule has 0 saturated heterocycles. The smallest absolute Gasteiger partial charge is 0.183 e. The lowest BCUT2D eigenvalue weighted by molar-refractivity contribution is 0.162. The van der Waals surface area contributed by atoms with E-state index in [0.29, 0.717) is 5.02 Å². The molecule has 6 heteroatoms. The predicted molar refractivity (Wildman–Crippen MR) is 96.3 cm³/mol. The number of rotatable bonds is 5. The molecule has 0 spiro atoms. The minimum atomic E-state index is -3.68. The fourth-order valence-electron chi connectivity index (χ4n) is 3.48. The van der Waals surface area contributed by atoms with Gasteiger partial charge in [0.15, 0.2) is 9.84 Å². The van der Waals surface area contributed by atoms with E-state index in [0.717, 1.165) is 11.1 Å². The fraction of sp³-hybridized carbons (Fsp3) is 0.316. The van der Waals surface area contributed by atoms with Gasteiger partial charge in [-0.1, -0.05) is 41.4 Å². The lowest BCUT2D eigenvalue weighted by Crippen LogP contribution is -2.19. The molecule has 0 radical (unpaired) electrons. The van der Waals surface area contributed by atoms with Crippen molar-refractivity contribution >= 4 is 21.4 Å². The molecule has 4 nitrogen and oxygen atoms in total. The van der Waals surface area contributed by atoms with Crippen molar-refractivity contribution in [1.29, 1.82) is 5.26 Å². The number of hydrogen-bond donors (Lipinski definition) is 0. The van der Waals surface area contributed by atoms with E-state index >= 15 is 0 Å². The zero-order valence-electron chi connectivity index (χ0n) is 13.9. The van der Waals surface area contributed by atoms with E-state index in [1.807, 2.05) is 13.0 Å². The Morgan fingerprint density at radius 1 is 1.24 bits per heavy atom. The van der Waals surface area contributed by atoms with Gasteiger partial charge in [0.25, 0.3) is 0 Å². The summed E-state index contributed by atoms with van der Waals surface area (Å²) in [5.41, 5.74) is 0.611. The van der Waals surface area contributed by atoms with Gasteiger partial charge < -0.3 is 4.74 Å². The average Bonchev–Trinajstić information content (AvgIpc) is 3.26. The first-order chi connectivity index (χ1) is 11.9. The molecule has 0 unspecified atom stereocenters. The molecule has 25 heavy (non-hydrogen) atoms. The highest BCUT2D eigenvalue weighted by Crippen LogP contribution is 2.64. The van der Waals surface area contributed by atoms with Gasteiger partial charge in [-0.25, -0.2) is 8.42 Å². The van der Waals surface area contributed by atoms with E-state index in [9.17, 15) is 13.7 Å². The largest absolute Gasteiger partial charge is 0.383 e. The molecule has 3 atom stereocenters. The third kappa shape index (κ3) is 2.95. The second-order valence-corrected chi connectivity index (χ2v) is 8.90. The standard InChI is InChI=1S/C19H18ClNO3S/c1-13-6-8-16(9-7-13)25(22,23)18-17(19(18,11-21)12-24-2)14-4-3-5-15(20)10-14/h3-10,17-18H,12H2,1-2H3/t17-,18+,19+/m0/s1. The second kappa shape index (κ2) is 6.45. The molecule has 0 N–H and O–H groups in total. The summed E-state index contributed by atoms with van der Waals surface area (Å²) in [6.45, 7) is 1.95. The first-order valence-corrected chi connectivity index (χ1v) is 9.75. The Bertz CT molecular complexity index is 934. The van der Waals surface area contributed by atoms with Gasteiger partial charge in [0.2, 0.25) is 0 Å². The number of methoxy groups -OCH3 is 1. The molecule has 0 heterocycles. The van der Waals surface area contributed by atoms with Crippen LogP contribution in [0.3, 0.4) is 0 Å². The van der Waals surface area contributed by atoms with Gasteiger partial charge in [0.1, 0.15) is 5.41 Å². The molecule has 0 aliphatic heterocycles. The van der Waals surface area contributed by atoms with Crippen LogP contribution in [0.2, 0.25) is 5.02 Å². The van der Waals surface area contributed by atoms with Crippen LogP contribution >= 0.6 is 11.6 Å². The number of sulfone groups is 1. The van der Waals surface area contributed by atoms with Crippen LogP contribution in [0.15, 0.2) is 53.4 Å².